The number of esters is 1. The van der Waals surface area contributed by atoms with Crippen LogP contribution in [0.15, 0.2) is 60.7 Å². The highest BCUT2D eigenvalue weighted by Crippen LogP contribution is 2.05. The SMILES string of the molecule is O=C(CCCc1ccccc1)OC#Cc1ccccc1. The number of carbonyl (C=O) groups is 1. The predicted molar refractivity (Wildman–Crippen MR) is 78.8 cm³/mol. The number of carbonyl (C=O) groups excluding carboxylic acids is 1. The van der Waals surface area contributed by atoms with Gasteiger partial charge in [-0.2, -0.15) is 0 Å². The fourth-order valence-electron chi connectivity index (χ4n) is 1.80. The maximum absolute atomic E-state index is 11.5. The van der Waals surface area contributed by atoms with Crippen molar-refractivity contribution >= 4 is 5.97 Å². The zero-order valence-electron chi connectivity index (χ0n) is 11.2. The second-order valence-corrected chi connectivity index (χ2v) is 4.41. The minimum atomic E-state index is -0.274. The van der Waals surface area contributed by atoms with E-state index >= 15 is 0 Å². The Morgan fingerprint density at radius 2 is 1.60 bits per heavy atom. The molecule has 2 rings (SSSR count). The maximum Gasteiger partial charge on any atom is 0.319 e. The monoisotopic (exact) mass is 264 g/mol. The lowest BCUT2D eigenvalue weighted by atomic mass is 10.1. The molecule has 0 atom stereocenters. The third-order valence-electron chi connectivity index (χ3n) is 2.82. The molecule has 2 heteroatoms. The van der Waals surface area contributed by atoms with Crippen molar-refractivity contribution < 1.29 is 9.53 Å². The van der Waals surface area contributed by atoms with E-state index in [4.69, 9.17) is 4.74 Å². The highest BCUT2D eigenvalue weighted by Gasteiger charge is 2.01. The summed E-state index contributed by atoms with van der Waals surface area (Å²) in [7, 11) is 0. The van der Waals surface area contributed by atoms with Crippen LogP contribution in [0.3, 0.4) is 0 Å². The van der Waals surface area contributed by atoms with E-state index in [-0.39, 0.29) is 5.97 Å². The van der Waals surface area contributed by atoms with Crippen LogP contribution in [0, 0.1) is 12.0 Å². The van der Waals surface area contributed by atoms with Crippen LogP contribution in [0.5, 0.6) is 0 Å². The van der Waals surface area contributed by atoms with Gasteiger partial charge in [0.15, 0.2) is 0 Å². The highest BCUT2D eigenvalue weighted by atomic mass is 16.5. The number of hydrogen-bond donors (Lipinski definition) is 0. The summed E-state index contributed by atoms with van der Waals surface area (Å²) in [6.45, 7) is 0. The number of ether oxygens (including phenoxy) is 1. The van der Waals surface area contributed by atoms with Gasteiger partial charge in [-0.25, -0.2) is 0 Å². The molecule has 0 N–H and O–H groups in total. The van der Waals surface area contributed by atoms with Crippen LogP contribution in [0.25, 0.3) is 0 Å². The van der Waals surface area contributed by atoms with Gasteiger partial charge >= 0.3 is 5.97 Å². The van der Waals surface area contributed by atoms with Crippen molar-refractivity contribution in [2.75, 3.05) is 0 Å². The van der Waals surface area contributed by atoms with Crippen molar-refractivity contribution in [3.63, 3.8) is 0 Å². The van der Waals surface area contributed by atoms with Crippen LogP contribution in [0.2, 0.25) is 0 Å². The minimum Gasteiger partial charge on any atom is -0.372 e. The molecule has 0 spiro atoms. The van der Waals surface area contributed by atoms with Crippen molar-refractivity contribution in [1.82, 2.24) is 0 Å². The first-order valence-corrected chi connectivity index (χ1v) is 6.64. The lowest BCUT2D eigenvalue weighted by Gasteiger charge is -1.99. The molecule has 0 bridgehead atoms. The largest absolute Gasteiger partial charge is 0.372 e. The molecule has 0 fully saturated rings. The number of rotatable bonds is 4. The van der Waals surface area contributed by atoms with E-state index in [0.717, 1.165) is 18.4 Å². The van der Waals surface area contributed by atoms with Gasteiger partial charge in [0.2, 0.25) is 0 Å². The summed E-state index contributed by atoms with van der Waals surface area (Å²) in [5.74, 6) is 2.52. The molecule has 0 unspecified atom stereocenters. The first kappa shape index (κ1) is 13.9. The van der Waals surface area contributed by atoms with Gasteiger partial charge in [-0.15, -0.1) is 0 Å². The second kappa shape index (κ2) is 7.81. The average molecular weight is 264 g/mol. The molecular formula is C18H16O2. The van der Waals surface area contributed by atoms with E-state index in [9.17, 15) is 4.79 Å². The Morgan fingerprint density at radius 3 is 2.30 bits per heavy atom. The van der Waals surface area contributed by atoms with Crippen LogP contribution in [-0.2, 0) is 16.0 Å². The highest BCUT2D eigenvalue weighted by molar-refractivity contribution is 5.70. The molecule has 0 saturated heterocycles. The Bertz CT molecular complexity index is 592. The molecular weight excluding hydrogens is 248 g/mol. The number of benzene rings is 2. The Labute approximate surface area is 119 Å². The summed E-state index contributed by atoms with van der Waals surface area (Å²) in [6, 6.07) is 19.5. The van der Waals surface area contributed by atoms with E-state index in [0.29, 0.717) is 6.42 Å². The minimum absolute atomic E-state index is 0.274. The van der Waals surface area contributed by atoms with Crippen LogP contribution in [-0.4, -0.2) is 5.97 Å². The van der Waals surface area contributed by atoms with E-state index < -0.39 is 0 Å². The fraction of sp³-hybridized carbons (Fsp3) is 0.167. The van der Waals surface area contributed by atoms with Crippen LogP contribution < -0.4 is 0 Å². The Balaban J connectivity index is 1.70. The standard InChI is InChI=1S/C18H16O2/c19-18(13-7-12-16-8-3-1-4-9-16)20-15-14-17-10-5-2-6-11-17/h1-6,8-11H,7,12-13H2. The molecule has 2 aromatic rings. The van der Waals surface area contributed by atoms with E-state index in [2.05, 4.69) is 24.2 Å². The van der Waals surface area contributed by atoms with Gasteiger partial charge in [0, 0.05) is 12.0 Å². The van der Waals surface area contributed by atoms with Gasteiger partial charge < -0.3 is 4.74 Å². The molecule has 0 heterocycles. The Kier molecular flexibility index (Phi) is 5.42. The molecule has 0 aliphatic rings. The summed E-state index contributed by atoms with van der Waals surface area (Å²) in [4.78, 5) is 11.5. The molecule has 0 radical (unpaired) electrons. The number of hydrogen-bond acceptors (Lipinski definition) is 2. The van der Waals surface area contributed by atoms with Crippen molar-refractivity contribution in [2.45, 2.75) is 19.3 Å². The summed E-state index contributed by atoms with van der Waals surface area (Å²) in [6.07, 6.45) is 4.49. The lowest BCUT2D eigenvalue weighted by Crippen LogP contribution is -2.00. The molecule has 0 saturated carbocycles. The normalized spacial score (nSPS) is 9.40. The summed E-state index contributed by atoms with van der Waals surface area (Å²) in [5, 5.41) is 0. The zero-order chi connectivity index (χ0) is 14.0. The van der Waals surface area contributed by atoms with Crippen LogP contribution in [0.4, 0.5) is 0 Å². The molecule has 0 aromatic heterocycles. The van der Waals surface area contributed by atoms with Crippen molar-refractivity contribution in [3.8, 4) is 12.0 Å². The molecule has 0 amide bonds. The zero-order valence-corrected chi connectivity index (χ0v) is 11.2. The summed E-state index contributed by atoms with van der Waals surface area (Å²) < 4.78 is 4.88. The van der Waals surface area contributed by atoms with Crippen LogP contribution in [0.1, 0.15) is 24.0 Å². The first-order valence-electron chi connectivity index (χ1n) is 6.64. The third kappa shape index (κ3) is 4.99. The van der Waals surface area contributed by atoms with Gasteiger partial charge in [-0.05, 0) is 36.5 Å². The topological polar surface area (TPSA) is 26.3 Å². The maximum atomic E-state index is 11.5. The van der Waals surface area contributed by atoms with Gasteiger partial charge in [-0.1, -0.05) is 48.5 Å². The van der Waals surface area contributed by atoms with Gasteiger partial charge in [0.1, 0.15) is 6.11 Å². The van der Waals surface area contributed by atoms with Crippen LogP contribution >= 0.6 is 0 Å². The Hall–Kier alpha value is -2.53. The van der Waals surface area contributed by atoms with Gasteiger partial charge in [-0.3, -0.25) is 4.79 Å². The molecule has 100 valence electrons. The molecule has 20 heavy (non-hydrogen) atoms. The average Bonchev–Trinajstić information content (AvgIpc) is 2.49. The molecule has 0 aliphatic carbocycles. The predicted octanol–water partition coefficient (Wildman–Crippen LogP) is 3.56. The summed E-state index contributed by atoms with van der Waals surface area (Å²) in [5.41, 5.74) is 2.07. The fourth-order valence-corrected chi connectivity index (χ4v) is 1.80. The number of aryl methyl sites for hydroxylation is 1. The third-order valence-corrected chi connectivity index (χ3v) is 2.82. The quantitative estimate of drug-likeness (QED) is 0.623. The first-order chi connectivity index (χ1) is 9.84. The molecule has 2 nitrogen and oxygen atoms in total. The molecule has 0 aliphatic heterocycles. The van der Waals surface area contributed by atoms with Crippen molar-refractivity contribution in [1.29, 1.82) is 0 Å². The Morgan fingerprint density at radius 1 is 0.950 bits per heavy atom. The van der Waals surface area contributed by atoms with E-state index in [1.807, 2.05) is 48.5 Å². The van der Waals surface area contributed by atoms with Gasteiger partial charge in [0.05, 0.1) is 0 Å². The van der Waals surface area contributed by atoms with Crippen molar-refractivity contribution in [2.24, 2.45) is 0 Å². The smallest absolute Gasteiger partial charge is 0.319 e. The molecule has 2 aromatic carbocycles. The lowest BCUT2D eigenvalue weighted by molar-refractivity contribution is -0.136. The van der Waals surface area contributed by atoms with E-state index in [1.54, 1.807) is 0 Å². The van der Waals surface area contributed by atoms with Crippen molar-refractivity contribution in [3.05, 3.63) is 71.8 Å². The second-order valence-electron chi connectivity index (χ2n) is 4.41. The van der Waals surface area contributed by atoms with Gasteiger partial charge in [0.25, 0.3) is 0 Å². The summed E-state index contributed by atoms with van der Waals surface area (Å²) >= 11 is 0. The van der Waals surface area contributed by atoms with E-state index in [1.165, 1.54) is 5.56 Å².